The fourth-order valence-electron chi connectivity index (χ4n) is 1.39. The van der Waals surface area contributed by atoms with Gasteiger partial charge in [-0.2, -0.15) is 0 Å². The van der Waals surface area contributed by atoms with Crippen molar-refractivity contribution in [3.8, 4) is 0 Å². The van der Waals surface area contributed by atoms with E-state index in [1.54, 1.807) is 25.1 Å². The van der Waals surface area contributed by atoms with Gasteiger partial charge < -0.3 is 4.42 Å². The van der Waals surface area contributed by atoms with Crippen molar-refractivity contribution in [2.75, 3.05) is 0 Å². The molecular formula is C11H9NO2S. The number of rotatable bonds is 1. The predicted octanol–water partition coefficient (Wildman–Crippen LogP) is 3.18. The number of oxazole rings is 1. The van der Waals surface area contributed by atoms with Crippen LogP contribution in [0, 0.1) is 4.84 Å². The molecule has 0 saturated carbocycles. The summed E-state index contributed by atoms with van der Waals surface area (Å²) < 4.78 is 6.67. The minimum atomic E-state index is -0.188. The first-order valence-corrected chi connectivity index (χ1v) is 4.92. The van der Waals surface area contributed by atoms with Gasteiger partial charge in [0.15, 0.2) is 5.58 Å². The van der Waals surface area contributed by atoms with Crippen LogP contribution in [0.2, 0.25) is 0 Å². The third kappa shape index (κ3) is 1.64. The molecule has 0 spiro atoms. The standard InChI is InChI=1S/C11H9NO2S/c1-2-5-10(13)12-8-6-3-4-7-9(8)14-11(12)15/h2-7H,1H3. The van der Waals surface area contributed by atoms with Gasteiger partial charge in [0.05, 0.1) is 5.52 Å². The molecule has 1 aromatic carbocycles. The summed E-state index contributed by atoms with van der Waals surface area (Å²) in [6, 6.07) is 7.26. The van der Waals surface area contributed by atoms with Crippen LogP contribution in [0.15, 0.2) is 40.8 Å². The van der Waals surface area contributed by atoms with E-state index in [1.165, 1.54) is 10.6 Å². The number of hydrogen-bond donors (Lipinski definition) is 0. The first-order chi connectivity index (χ1) is 7.24. The Labute approximate surface area is 91.6 Å². The van der Waals surface area contributed by atoms with Crippen molar-refractivity contribution in [3.05, 3.63) is 41.3 Å². The van der Waals surface area contributed by atoms with E-state index in [9.17, 15) is 4.79 Å². The molecule has 0 amide bonds. The average Bonchev–Trinajstić information content (AvgIpc) is 2.54. The summed E-state index contributed by atoms with van der Waals surface area (Å²) >= 11 is 4.98. The number of allylic oxidation sites excluding steroid dienone is 2. The third-order valence-corrected chi connectivity index (χ3v) is 2.28. The lowest BCUT2D eigenvalue weighted by Gasteiger charge is -1.95. The van der Waals surface area contributed by atoms with E-state index in [0.29, 0.717) is 11.1 Å². The molecular weight excluding hydrogens is 210 g/mol. The second-order valence-electron chi connectivity index (χ2n) is 3.01. The highest BCUT2D eigenvalue weighted by Crippen LogP contribution is 2.16. The molecule has 1 aromatic heterocycles. The lowest BCUT2D eigenvalue weighted by atomic mass is 10.3. The molecule has 15 heavy (non-hydrogen) atoms. The fourth-order valence-corrected chi connectivity index (χ4v) is 1.67. The zero-order chi connectivity index (χ0) is 10.8. The molecule has 0 atom stereocenters. The maximum Gasteiger partial charge on any atom is 0.276 e. The molecule has 0 saturated heterocycles. The number of fused-ring (bicyclic) bond motifs is 1. The maximum absolute atomic E-state index is 11.7. The topological polar surface area (TPSA) is 35.1 Å². The predicted molar refractivity (Wildman–Crippen MR) is 60.5 cm³/mol. The monoisotopic (exact) mass is 219 g/mol. The lowest BCUT2D eigenvalue weighted by molar-refractivity contribution is 0.0968. The van der Waals surface area contributed by atoms with E-state index in [2.05, 4.69) is 0 Å². The van der Waals surface area contributed by atoms with Gasteiger partial charge >= 0.3 is 0 Å². The minimum absolute atomic E-state index is 0.180. The maximum atomic E-state index is 11.7. The summed E-state index contributed by atoms with van der Waals surface area (Å²) in [5.41, 5.74) is 1.32. The molecule has 76 valence electrons. The summed E-state index contributed by atoms with van der Waals surface area (Å²) in [7, 11) is 0. The van der Waals surface area contributed by atoms with Crippen LogP contribution in [-0.2, 0) is 0 Å². The van der Waals surface area contributed by atoms with E-state index < -0.39 is 0 Å². The van der Waals surface area contributed by atoms with Crippen molar-refractivity contribution >= 4 is 29.2 Å². The Balaban J connectivity index is 2.74. The minimum Gasteiger partial charge on any atom is -0.429 e. The van der Waals surface area contributed by atoms with E-state index >= 15 is 0 Å². The van der Waals surface area contributed by atoms with Gasteiger partial charge in [0.2, 0.25) is 0 Å². The molecule has 0 unspecified atom stereocenters. The van der Waals surface area contributed by atoms with Crippen molar-refractivity contribution in [1.82, 2.24) is 4.57 Å². The summed E-state index contributed by atoms with van der Waals surface area (Å²) in [5.74, 6) is -0.188. The van der Waals surface area contributed by atoms with Crippen LogP contribution in [0.1, 0.15) is 11.7 Å². The molecule has 4 heteroatoms. The quantitative estimate of drug-likeness (QED) is 0.545. The molecule has 0 fully saturated rings. The molecule has 0 N–H and O–H groups in total. The van der Waals surface area contributed by atoms with E-state index in [4.69, 9.17) is 16.6 Å². The zero-order valence-electron chi connectivity index (χ0n) is 8.14. The smallest absolute Gasteiger partial charge is 0.276 e. The SMILES string of the molecule is CC=CC(=O)n1c(=S)oc2ccccc21. The molecule has 0 aliphatic rings. The molecule has 3 nitrogen and oxygen atoms in total. The van der Waals surface area contributed by atoms with Crippen molar-refractivity contribution in [3.63, 3.8) is 0 Å². The van der Waals surface area contributed by atoms with Gasteiger partial charge in [-0.15, -0.1) is 0 Å². The Morgan fingerprint density at radius 2 is 2.20 bits per heavy atom. The summed E-state index contributed by atoms with van der Waals surface area (Å²) in [5, 5.41) is 0. The van der Waals surface area contributed by atoms with Crippen molar-refractivity contribution < 1.29 is 9.21 Å². The lowest BCUT2D eigenvalue weighted by Crippen LogP contribution is -2.06. The van der Waals surface area contributed by atoms with Crippen molar-refractivity contribution in [2.24, 2.45) is 0 Å². The first-order valence-electron chi connectivity index (χ1n) is 4.51. The molecule has 2 rings (SSSR count). The van der Waals surface area contributed by atoms with Crippen LogP contribution in [0.4, 0.5) is 0 Å². The molecule has 2 aromatic rings. The van der Waals surface area contributed by atoms with Gasteiger partial charge in [-0.3, -0.25) is 4.79 Å². The van der Waals surface area contributed by atoms with Gasteiger partial charge in [-0.05, 0) is 37.4 Å². The van der Waals surface area contributed by atoms with Gasteiger partial charge in [0.1, 0.15) is 0 Å². The average molecular weight is 219 g/mol. The number of benzene rings is 1. The molecule has 1 heterocycles. The van der Waals surface area contributed by atoms with Crippen molar-refractivity contribution in [2.45, 2.75) is 6.92 Å². The van der Waals surface area contributed by atoms with E-state index in [0.717, 1.165) is 0 Å². The summed E-state index contributed by atoms with van der Waals surface area (Å²) in [6.45, 7) is 1.78. The Morgan fingerprint density at radius 3 is 2.93 bits per heavy atom. The molecule has 0 radical (unpaired) electrons. The highest BCUT2D eigenvalue weighted by atomic mass is 32.1. The summed E-state index contributed by atoms with van der Waals surface area (Å²) in [4.78, 5) is 11.9. The Kier molecular flexibility index (Phi) is 2.51. The van der Waals surface area contributed by atoms with Crippen LogP contribution in [0.5, 0.6) is 0 Å². The highest BCUT2D eigenvalue weighted by molar-refractivity contribution is 7.71. The van der Waals surface area contributed by atoms with E-state index in [1.807, 2.05) is 12.1 Å². The summed E-state index contributed by atoms with van der Waals surface area (Å²) in [6.07, 6.45) is 3.13. The second kappa shape index (κ2) is 3.82. The van der Waals surface area contributed by atoms with Gasteiger partial charge in [-0.1, -0.05) is 18.2 Å². The fraction of sp³-hybridized carbons (Fsp3) is 0.0909. The van der Waals surface area contributed by atoms with Gasteiger partial charge in [0.25, 0.3) is 10.7 Å². The molecule has 0 bridgehead atoms. The van der Waals surface area contributed by atoms with E-state index in [-0.39, 0.29) is 10.7 Å². The zero-order valence-corrected chi connectivity index (χ0v) is 8.95. The Morgan fingerprint density at radius 1 is 1.47 bits per heavy atom. The number of nitrogens with zero attached hydrogens (tertiary/aromatic N) is 1. The second-order valence-corrected chi connectivity index (χ2v) is 3.36. The first kappa shape index (κ1) is 9.86. The van der Waals surface area contributed by atoms with Crippen LogP contribution >= 0.6 is 12.2 Å². The van der Waals surface area contributed by atoms with Crippen LogP contribution < -0.4 is 0 Å². The molecule has 0 aliphatic carbocycles. The number of para-hydroxylation sites is 2. The number of aromatic nitrogens is 1. The Bertz CT molecular complexity index is 592. The third-order valence-electron chi connectivity index (χ3n) is 2.02. The van der Waals surface area contributed by atoms with Gasteiger partial charge in [-0.25, -0.2) is 4.57 Å². The highest BCUT2D eigenvalue weighted by Gasteiger charge is 2.09. The Hall–Kier alpha value is -1.68. The van der Waals surface area contributed by atoms with Crippen LogP contribution in [0.25, 0.3) is 11.1 Å². The van der Waals surface area contributed by atoms with Gasteiger partial charge in [0, 0.05) is 0 Å². The number of carbonyl (C=O) groups excluding carboxylic acids is 1. The normalized spacial score (nSPS) is 11.3. The van der Waals surface area contributed by atoms with Crippen LogP contribution in [0.3, 0.4) is 0 Å². The van der Waals surface area contributed by atoms with Crippen molar-refractivity contribution in [1.29, 1.82) is 0 Å². The largest absolute Gasteiger partial charge is 0.429 e. The van der Waals surface area contributed by atoms with Crippen LogP contribution in [-0.4, -0.2) is 10.5 Å². The number of hydrogen-bond acceptors (Lipinski definition) is 3. The molecule has 0 aliphatic heterocycles. The number of carbonyl (C=O) groups is 1.